The van der Waals surface area contributed by atoms with E-state index in [9.17, 15) is 0 Å². The second kappa shape index (κ2) is 7.26. The fourth-order valence-corrected chi connectivity index (χ4v) is 7.38. The zero-order chi connectivity index (χ0) is 17.6. The van der Waals surface area contributed by atoms with Crippen LogP contribution in [0.3, 0.4) is 0 Å². The molecule has 2 aliphatic rings. The van der Waals surface area contributed by atoms with Gasteiger partial charge in [0.15, 0.2) is 0 Å². The van der Waals surface area contributed by atoms with Crippen molar-refractivity contribution in [1.82, 2.24) is 4.90 Å². The van der Waals surface area contributed by atoms with Crippen LogP contribution in [0.2, 0.25) is 5.02 Å². The summed E-state index contributed by atoms with van der Waals surface area (Å²) in [6.07, 6.45) is 1.30. The molecule has 0 amide bonds. The van der Waals surface area contributed by atoms with E-state index in [2.05, 4.69) is 88.9 Å². The van der Waals surface area contributed by atoms with E-state index in [-0.39, 0.29) is 0 Å². The van der Waals surface area contributed by atoms with E-state index in [4.69, 9.17) is 11.6 Å². The lowest BCUT2D eigenvalue weighted by molar-refractivity contribution is 0.211. The Morgan fingerprint density at radius 1 is 1.16 bits per heavy atom. The molecule has 0 N–H and O–H groups in total. The summed E-state index contributed by atoms with van der Waals surface area (Å²) in [5.41, 5.74) is 3.88. The number of piperidine rings is 1. The third-order valence-electron chi connectivity index (χ3n) is 5.55. The Bertz CT molecular complexity index is 766. The molecule has 0 aromatic heterocycles. The van der Waals surface area contributed by atoms with Crippen LogP contribution < -0.4 is 0 Å². The average molecular weight is 437 g/mol. The molecule has 1 saturated heterocycles. The fraction of sp³-hybridized carbons (Fsp3) is 0.429. The molecule has 0 unspecified atom stereocenters. The van der Waals surface area contributed by atoms with Crippen molar-refractivity contribution in [3.63, 3.8) is 0 Å². The Kier molecular flexibility index (Phi) is 5.20. The minimum atomic E-state index is 0.602. The lowest BCUT2D eigenvalue weighted by Gasteiger charge is -2.33. The molecular formula is C21H23BrClNS. The van der Waals surface area contributed by atoms with Crippen molar-refractivity contribution >= 4 is 39.3 Å². The molecule has 1 nitrogen and oxygen atoms in total. The highest BCUT2D eigenvalue weighted by atomic mass is 79.9. The minimum Gasteiger partial charge on any atom is -0.294 e. The van der Waals surface area contributed by atoms with Gasteiger partial charge in [0.1, 0.15) is 0 Å². The molecule has 2 aromatic carbocycles. The zero-order valence-corrected chi connectivity index (χ0v) is 17.7. The van der Waals surface area contributed by atoms with Gasteiger partial charge in [-0.05, 0) is 55.0 Å². The summed E-state index contributed by atoms with van der Waals surface area (Å²) in [5.74, 6) is 0.764. The number of rotatable bonds is 4. The van der Waals surface area contributed by atoms with Crippen molar-refractivity contribution in [2.24, 2.45) is 5.92 Å². The molecule has 4 heteroatoms. The molecule has 25 heavy (non-hydrogen) atoms. The van der Waals surface area contributed by atoms with E-state index in [1.54, 1.807) is 0 Å². The molecule has 132 valence electrons. The van der Waals surface area contributed by atoms with Gasteiger partial charge in [-0.25, -0.2) is 0 Å². The summed E-state index contributed by atoms with van der Waals surface area (Å²) in [7, 11) is 0. The molecule has 2 bridgehead atoms. The number of alkyl halides is 1. The van der Waals surface area contributed by atoms with E-state index in [1.807, 2.05) is 0 Å². The first-order valence-electron chi connectivity index (χ1n) is 8.88. The SMILES string of the molecule is Cc1cc(S[C@@H]2C[C@H]3CN(Cc4ccccc4)[C@@H]2[C@@H]3Br)c(C)cc1Cl. The van der Waals surface area contributed by atoms with Gasteiger partial charge in [-0.15, -0.1) is 11.8 Å². The van der Waals surface area contributed by atoms with E-state index < -0.39 is 0 Å². The van der Waals surface area contributed by atoms with Crippen LogP contribution >= 0.6 is 39.3 Å². The third kappa shape index (κ3) is 3.53. The number of benzene rings is 2. The molecular weight excluding hydrogens is 414 g/mol. The van der Waals surface area contributed by atoms with Crippen LogP contribution in [0.5, 0.6) is 0 Å². The van der Waals surface area contributed by atoms with Crippen LogP contribution in [0.15, 0.2) is 47.4 Å². The highest BCUT2D eigenvalue weighted by Crippen LogP contribution is 2.50. The zero-order valence-electron chi connectivity index (χ0n) is 14.6. The Hall–Kier alpha value is -0.480. The van der Waals surface area contributed by atoms with E-state index >= 15 is 0 Å². The molecule has 1 aliphatic heterocycles. The molecule has 1 heterocycles. The summed E-state index contributed by atoms with van der Waals surface area (Å²) in [5, 5.41) is 1.52. The lowest BCUT2D eigenvalue weighted by atomic mass is 10.1. The number of nitrogens with zero attached hydrogens (tertiary/aromatic N) is 1. The first-order chi connectivity index (χ1) is 12.0. The predicted octanol–water partition coefficient (Wildman–Crippen LogP) is 6.09. The number of halogens is 2. The summed E-state index contributed by atoms with van der Waals surface area (Å²) >= 11 is 12.3. The van der Waals surface area contributed by atoms with Gasteiger partial charge in [0, 0.05) is 39.1 Å². The standard InChI is InChI=1S/C21H23BrClNS/c1-13-9-18(14(2)8-17(13)23)25-19-10-16-12-24(21(19)20(16)22)11-15-6-4-3-5-7-15/h3-9,16,19-21H,10-12H2,1-2H3/t16-,19+,20+,21-/m0/s1. The monoisotopic (exact) mass is 435 g/mol. The van der Waals surface area contributed by atoms with Gasteiger partial charge in [-0.3, -0.25) is 4.90 Å². The van der Waals surface area contributed by atoms with Crippen LogP contribution in [0, 0.1) is 19.8 Å². The van der Waals surface area contributed by atoms with E-state index in [0.717, 1.165) is 17.5 Å². The van der Waals surface area contributed by atoms with Crippen molar-refractivity contribution in [3.8, 4) is 0 Å². The minimum absolute atomic E-state index is 0.602. The van der Waals surface area contributed by atoms with Crippen molar-refractivity contribution in [2.75, 3.05) is 6.54 Å². The van der Waals surface area contributed by atoms with Crippen LogP contribution in [-0.2, 0) is 6.54 Å². The highest BCUT2D eigenvalue weighted by molar-refractivity contribution is 9.09. The number of fused-ring (bicyclic) bond motifs is 2. The Morgan fingerprint density at radius 2 is 1.92 bits per heavy atom. The van der Waals surface area contributed by atoms with Gasteiger partial charge in [0.2, 0.25) is 0 Å². The molecule has 1 saturated carbocycles. The average Bonchev–Trinajstić information content (AvgIpc) is 3.04. The van der Waals surface area contributed by atoms with Gasteiger partial charge in [-0.1, -0.05) is 57.9 Å². The first kappa shape index (κ1) is 17.9. The molecule has 0 radical (unpaired) electrons. The van der Waals surface area contributed by atoms with Gasteiger partial charge in [0.25, 0.3) is 0 Å². The molecule has 1 aliphatic carbocycles. The largest absolute Gasteiger partial charge is 0.294 e. The van der Waals surface area contributed by atoms with Crippen molar-refractivity contribution in [2.45, 2.75) is 47.8 Å². The Labute approximate surface area is 168 Å². The van der Waals surface area contributed by atoms with Crippen molar-refractivity contribution in [1.29, 1.82) is 0 Å². The quantitative estimate of drug-likeness (QED) is 0.534. The predicted molar refractivity (Wildman–Crippen MR) is 112 cm³/mol. The maximum atomic E-state index is 6.28. The highest BCUT2D eigenvalue weighted by Gasteiger charge is 2.51. The number of hydrogen-bond acceptors (Lipinski definition) is 2. The third-order valence-corrected chi connectivity index (χ3v) is 8.71. The smallest absolute Gasteiger partial charge is 0.0438 e. The number of thioether (sulfide) groups is 1. The van der Waals surface area contributed by atoms with Gasteiger partial charge in [-0.2, -0.15) is 0 Å². The van der Waals surface area contributed by atoms with Gasteiger partial charge in [0.05, 0.1) is 0 Å². The molecule has 0 spiro atoms. The fourth-order valence-electron chi connectivity index (χ4n) is 4.24. The first-order valence-corrected chi connectivity index (χ1v) is 11.1. The van der Waals surface area contributed by atoms with Crippen LogP contribution in [-0.4, -0.2) is 27.6 Å². The second-order valence-corrected chi connectivity index (χ2v) is 10.1. The van der Waals surface area contributed by atoms with E-state index in [0.29, 0.717) is 16.1 Å². The van der Waals surface area contributed by atoms with E-state index in [1.165, 1.54) is 34.6 Å². The van der Waals surface area contributed by atoms with Gasteiger partial charge >= 0.3 is 0 Å². The summed E-state index contributed by atoms with van der Waals surface area (Å²) in [4.78, 5) is 4.68. The molecule has 2 aromatic rings. The molecule has 4 atom stereocenters. The number of likely N-dealkylation sites (tertiary alicyclic amines) is 1. The topological polar surface area (TPSA) is 3.24 Å². The maximum Gasteiger partial charge on any atom is 0.0438 e. The lowest BCUT2D eigenvalue weighted by Crippen LogP contribution is -2.40. The van der Waals surface area contributed by atoms with Crippen LogP contribution in [0.25, 0.3) is 0 Å². The molecule has 2 fully saturated rings. The van der Waals surface area contributed by atoms with Crippen molar-refractivity contribution in [3.05, 3.63) is 64.2 Å². The second-order valence-electron chi connectivity index (χ2n) is 7.37. The van der Waals surface area contributed by atoms with Crippen molar-refractivity contribution < 1.29 is 0 Å². The number of hydrogen-bond donors (Lipinski definition) is 0. The Balaban J connectivity index is 1.53. The summed E-state index contributed by atoms with van der Waals surface area (Å²) in [6, 6.07) is 15.8. The van der Waals surface area contributed by atoms with Gasteiger partial charge < -0.3 is 0 Å². The Morgan fingerprint density at radius 3 is 2.64 bits per heavy atom. The van der Waals surface area contributed by atoms with Crippen LogP contribution in [0.1, 0.15) is 23.1 Å². The maximum absolute atomic E-state index is 6.28. The normalized spacial score (nSPS) is 28.6. The summed E-state index contributed by atoms with van der Waals surface area (Å²) < 4.78 is 0. The van der Waals surface area contributed by atoms with Crippen LogP contribution in [0.4, 0.5) is 0 Å². The summed E-state index contributed by atoms with van der Waals surface area (Å²) in [6.45, 7) is 6.54. The number of aryl methyl sites for hydroxylation is 2. The molecule has 4 rings (SSSR count).